The molecule has 0 unspecified atom stereocenters. The molecule has 2 aliphatic heterocycles. The lowest BCUT2D eigenvalue weighted by atomic mass is 9.86. The fourth-order valence-corrected chi connectivity index (χ4v) is 3.96. The number of carbonyl (C=O) groups is 1. The standard InChI is InChI=1S/C19H28N2O2.ClH/c1-18(2)17(22)20(3)15-19(23-18)10-13-21(14-11-19)12-9-16-7-5-4-6-8-16;/h4-8H,9-15H2,1-3H3;1H. The molecule has 24 heavy (non-hydrogen) atoms. The molecule has 0 aromatic heterocycles. The van der Waals surface area contributed by atoms with E-state index in [0.717, 1.165) is 45.4 Å². The van der Waals surface area contributed by atoms with Crippen molar-refractivity contribution in [3.05, 3.63) is 35.9 Å². The Morgan fingerprint density at radius 1 is 1.12 bits per heavy atom. The normalized spacial score (nSPS) is 23.1. The second-order valence-corrected chi connectivity index (χ2v) is 7.53. The molecule has 5 heteroatoms. The molecule has 0 radical (unpaired) electrons. The number of likely N-dealkylation sites (tertiary alicyclic amines) is 1. The van der Waals surface area contributed by atoms with Gasteiger partial charge < -0.3 is 14.5 Å². The van der Waals surface area contributed by atoms with Crippen molar-refractivity contribution in [2.75, 3.05) is 33.2 Å². The number of piperidine rings is 1. The smallest absolute Gasteiger partial charge is 0.254 e. The van der Waals surface area contributed by atoms with E-state index < -0.39 is 5.60 Å². The van der Waals surface area contributed by atoms with E-state index in [-0.39, 0.29) is 23.9 Å². The number of carbonyl (C=O) groups excluding carboxylic acids is 1. The van der Waals surface area contributed by atoms with Gasteiger partial charge in [0, 0.05) is 33.2 Å². The summed E-state index contributed by atoms with van der Waals surface area (Å²) in [6, 6.07) is 10.7. The third kappa shape index (κ3) is 4.11. The van der Waals surface area contributed by atoms with E-state index in [9.17, 15) is 4.79 Å². The van der Waals surface area contributed by atoms with Crippen molar-refractivity contribution in [2.24, 2.45) is 0 Å². The van der Waals surface area contributed by atoms with Crippen molar-refractivity contribution in [2.45, 2.75) is 44.3 Å². The van der Waals surface area contributed by atoms with Gasteiger partial charge in [-0.15, -0.1) is 12.4 Å². The SMILES string of the molecule is CN1CC2(CCN(CCc3ccccc3)CC2)OC(C)(C)C1=O.Cl. The van der Waals surface area contributed by atoms with E-state index in [1.54, 1.807) is 0 Å². The van der Waals surface area contributed by atoms with Crippen molar-refractivity contribution >= 4 is 18.3 Å². The molecule has 0 bridgehead atoms. The molecule has 2 aliphatic rings. The molecule has 0 aliphatic carbocycles. The molecule has 1 amide bonds. The van der Waals surface area contributed by atoms with Crippen molar-refractivity contribution in [1.29, 1.82) is 0 Å². The van der Waals surface area contributed by atoms with Crippen LogP contribution >= 0.6 is 12.4 Å². The largest absolute Gasteiger partial charge is 0.357 e. The number of nitrogens with zero attached hydrogens (tertiary/aromatic N) is 2. The Bertz CT molecular complexity index is 554. The zero-order valence-corrected chi connectivity index (χ0v) is 15.8. The van der Waals surface area contributed by atoms with E-state index >= 15 is 0 Å². The first-order valence-corrected chi connectivity index (χ1v) is 8.62. The second kappa shape index (κ2) is 7.42. The molecule has 1 aromatic carbocycles. The molecular formula is C19H29ClN2O2. The van der Waals surface area contributed by atoms with Crippen LogP contribution < -0.4 is 0 Å². The van der Waals surface area contributed by atoms with Crippen LogP contribution in [0.4, 0.5) is 0 Å². The summed E-state index contributed by atoms with van der Waals surface area (Å²) in [5, 5.41) is 0. The number of hydrogen-bond donors (Lipinski definition) is 0. The van der Waals surface area contributed by atoms with Crippen molar-refractivity contribution in [1.82, 2.24) is 9.80 Å². The lowest BCUT2D eigenvalue weighted by Gasteiger charge is -2.51. The van der Waals surface area contributed by atoms with Gasteiger partial charge in [-0.25, -0.2) is 0 Å². The maximum Gasteiger partial charge on any atom is 0.254 e. The second-order valence-electron chi connectivity index (χ2n) is 7.53. The Balaban J connectivity index is 0.00000208. The highest BCUT2D eigenvalue weighted by molar-refractivity contribution is 5.85. The van der Waals surface area contributed by atoms with Gasteiger partial charge in [0.15, 0.2) is 0 Å². The summed E-state index contributed by atoms with van der Waals surface area (Å²) in [7, 11) is 1.90. The summed E-state index contributed by atoms with van der Waals surface area (Å²) in [5.41, 5.74) is 0.544. The molecule has 2 fully saturated rings. The summed E-state index contributed by atoms with van der Waals surface area (Å²) >= 11 is 0. The highest BCUT2D eigenvalue weighted by Gasteiger charge is 2.49. The van der Waals surface area contributed by atoms with Crippen molar-refractivity contribution < 1.29 is 9.53 Å². The highest BCUT2D eigenvalue weighted by atomic mass is 35.5. The van der Waals surface area contributed by atoms with Gasteiger partial charge in [-0.1, -0.05) is 30.3 Å². The molecule has 0 saturated carbocycles. The van der Waals surface area contributed by atoms with Crippen LogP contribution in [0.3, 0.4) is 0 Å². The topological polar surface area (TPSA) is 32.8 Å². The molecule has 4 nitrogen and oxygen atoms in total. The lowest BCUT2D eigenvalue weighted by molar-refractivity contribution is -0.213. The molecule has 0 atom stereocenters. The van der Waals surface area contributed by atoms with Gasteiger partial charge >= 0.3 is 0 Å². The Kier molecular flexibility index (Phi) is 5.95. The summed E-state index contributed by atoms with van der Waals surface area (Å²) in [6.45, 7) is 7.71. The number of amides is 1. The van der Waals surface area contributed by atoms with Gasteiger partial charge in [0.25, 0.3) is 5.91 Å². The summed E-state index contributed by atoms with van der Waals surface area (Å²) in [4.78, 5) is 16.6. The third-order valence-electron chi connectivity index (χ3n) is 5.19. The zero-order chi connectivity index (χ0) is 16.5. The van der Waals surface area contributed by atoms with Crippen LogP contribution in [-0.2, 0) is 16.0 Å². The Labute approximate surface area is 151 Å². The van der Waals surface area contributed by atoms with Crippen LogP contribution in [0.5, 0.6) is 0 Å². The Morgan fingerprint density at radius 2 is 1.75 bits per heavy atom. The van der Waals surface area contributed by atoms with Gasteiger partial charge in [0.2, 0.25) is 0 Å². The van der Waals surface area contributed by atoms with Crippen LogP contribution in [0, 0.1) is 0 Å². The van der Waals surface area contributed by atoms with Crippen molar-refractivity contribution in [3.8, 4) is 0 Å². The number of halogens is 1. The van der Waals surface area contributed by atoms with E-state index in [0.29, 0.717) is 0 Å². The summed E-state index contributed by atoms with van der Waals surface area (Å²) in [5.74, 6) is 0.0923. The molecule has 2 heterocycles. The molecule has 3 rings (SSSR count). The van der Waals surface area contributed by atoms with E-state index in [2.05, 4.69) is 35.2 Å². The number of hydrogen-bond acceptors (Lipinski definition) is 3. The molecule has 1 spiro atoms. The average Bonchev–Trinajstić information content (AvgIpc) is 2.53. The number of rotatable bonds is 3. The minimum Gasteiger partial charge on any atom is -0.357 e. The summed E-state index contributed by atoms with van der Waals surface area (Å²) in [6.07, 6.45) is 3.10. The van der Waals surface area contributed by atoms with Gasteiger partial charge in [-0.2, -0.15) is 0 Å². The predicted octanol–water partition coefficient (Wildman–Crippen LogP) is 2.75. The van der Waals surface area contributed by atoms with E-state index in [4.69, 9.17) is 4.74 Å². The fourth-order valence-electron chi connectivity index (χ4n) is 3.96. The molecule has 2 saturated heterocycles. The minimum absolute atomic E-state index is 0. The third-order valence-corrected chi connectivity index (χ3v) is 5.19. The first kappa shape index (κ1) is 19.2. The van der Waals surface area contributed by atoms with Gasteiger partial charge in [0.05, 0.1) is 5.60 Å². The molecular weight excluding hydrogens is 324 g/mol. The highest BCUT2D eigenvalue weighted by Crippen LogP contribution is 2.36. The quantitative estimate of drug-likeness (QED) is 0.838. The van der Waals surface area contributed by atoms with Gasteiger partial charge in [-0.05, 0) is 38.7 Å². The molecule has 134 valence electrons. The van der Waals surface area contributed by atoms with Crippen LogP contribution in [0.25, 0.3) is 0 Å². The minimum atomic E-state index is -0.695. The van der Waals surface area contributed by atoms with E-state index in [1.165, 1.54) is 5.56 Å². The average molecular weight is 353 g/mol. The first-order chi connectivity index (χ1) is 10.9. The summed E-state index contributed by atoms with van der Waals surface area (Å²) < 4.78 is 6.28. The van der Waals surface area contributed by atoms with Crippen LogP contribution in [0.2, 0.25) is 0 Å². The molecule has 0 N–H and O–H groups in total. The van der Waals surface area contributed by atoms with Crippen LogP contribution in [-0.4, -0.2) is 60.1 Å². The Hall–Kier alpha value is -1.10. The first-order valence-electron chi connectivity index (χ1n) is 8.62. The number of benzene rings is 1. The van der Waals surface area contributed by atoms with E-state index in [1.807, 2.05) is 25.8 Å². The van der Waals surface area contributed by atoms with Crippen molar-refractivity contribution in [3.63, 3.8) is 0 Å². The van der Waals surface area contributed by atoms with Gasteiger partial charge in [0.1, 0.15) is 5.60 Å². The maximum absolute atomic E-state index is 12.2. The van der Waals surface area contributed by atoms with Gasteiger partial charge in [-0.3, -0.25) is 4.79 Å². The number of likely N-dealkylation sites (N-methyl/N-ethyl adjacent to an activating group) is 1. The fraction of sp³-hybridized carbons (Fsp3) is 0.632. The Morgan fingerprint density at radius 3 is 2.33 bits per heavy atom. The van der Waals surface area contributed by atoms with Crippen LogP contribution in [0.15, 0.2) is 30.3 Å². The number of morpholine rings is 1. The predicted molar refractivity (Wildman–Crippen MR) is 98.6 cm³/mol. The molecule has 1 aromatic rings. The monoisotopic (exact) mass is 352 g/mol. The lowest BCUT2D eigenvalue weighted by Crippen LogP contribution is -2.64. The number of ether oxygens (including phenoxy) is 1. The zero-order valence-electron chi connectivity index (χ0n) is 15.0. The maximum atomic E-state index is 12.2. The van der Waals surface area contributed by atoms with Crippen LogP contribution in [0.1, 0.15) is 32.3 Å².